The van der Waals surface area contributed by atoms with Crippen molar-refractivity contribution in [3.8, 4) is 22.1 Å². The number of amides is 1. The Bertz CT molecular complexity index is 1120. The number of hydrogen-bond donors (Lipinski definition) is 1. The van der Waals surface area contributed by atoms with Gasteiger partial charge in [-0.2, -0.15) is 9.61 Å². The summed E-state index contributed by atoms with van der Waals surface area (Å²) in [4.78, 5) is 13.5. The van der Waals surface area contributed by atoms with Crippen LogP contribution in [-0.4, -0.2) is 39.4 Å². The first-order valence-corrected chi connectivity index (χ1v) is 10.4. The monoisotopic (exact) mass is 423 g/mol. The highest BCUT2D eigenvalue weighted by Gasteiger charge is 2.14. The molecule has 0 radical (unpaired) electrons. The van der Waals surface area contributed by atoms with Gasteiger partial charge in [0.15, 0.2) is 0 Å². The molecule has 0 fully saturated rings. The number of anilines is 1. The predicted molar refractivity (Wildman–Crippen MR) is 115 cm³/mol. The van der Waals surface area contributed by atoms with Gasteiger partial charge in [0.2, 0.25) is 4.96 Å². The molecule has 0 atom stereocenters. The molecule has 0 bridgehead atoms. The van der Waals surface area contributed by atoms with Crippen molar-refractivity contribution in [2.24, 2.45) is 0 Å². The number of unbranched alkanes of at least 4 members (excludes halogenated alkanes) is 1. The number of benzene rings is 2. The SMILES string of the molecule is CCCCOc1ccc(C(=O)Nc2cc(-c3nn4cnnc4s3)ccc2OC)cc1. The van der Waals surface area contributed by atoms with Gasteiger partial charge in [0.05, 0.1) is 19.4 Å². The van der Waals surface area contributed by atoms with Crippen LogP contribution >= 0.6 is 11.3 Å². The zero-order valence-corrected chi connectivity index (χ0v) is 17.5. The molecule has 4 rings (SSSR count). The number of aromatic nitrogens is 4. The molecule has 0 aliphatic rings. The third-order valence-corrected chi connectivity index (χ3v) is 5.43. The highest BCUT2D eigenvalue weighted by molar-refractivity contribution is 7.19. The van der Waals surface area contributed by atoms with Crippen LogP contribution in [0, 0.1) is 0 Å². The maximum atomic E-state index is 12.8. The van der Waals surface area contributed by atoms with Crippen LogP contribution in [0.2, 0.25) is 0 Å². The predicted octanol–water partition coefficient (Wildman–Crippen LogP) is 4.29. The normalized spacial score (nSPS) is 10.9. The maximum absolute atomic E-state index is 12.8. The summed E-state index contributed by atoms with van der Waals surface area (Å²) in [6.45, 7) is 2.79. The summed E-state index contributed by atoms with van der Waals surface area (Å²) in [5, 5.41) is 16.0. The summed E-state index contributed by atoms with van der Waals surface area (Å²) in [6, 6.07) is 12.6. The molecule has 2 aromatic heterocycles. The molecule has 2 aromatic carbocycles. The van der Waals surface area contributed by atoms with E-state index in [9.17, 15) is 4.79 Å². The number of carbonyl (C=O) groups excluding carboxylic acids is 1. The Labute approximate surface area is 177 Å². The molecule has 1 amide bonds. The molecular weight excluding hydrogens is 402 g/mol. The molecule has 0 aliphatic heterocycles. The van der Waals surface area contributed by atoms with Crippen molar-refractivity contribution in [1.29, 1.82) is 0 Å². The van der Waals surface area contributed by atoms with Crippen molar-refractivity contribution in [3.05, 3.63) is 54.4 Å². The van der Waals surface area contributed by atoms with E-state index >= 15 is 0 Å². The fourth-order valence-corrected chi connectivity index (χ4v) is 3.66. The van der Waals surface area contributed by atoms with Gasteiger partial charge in [-0.05, 0) is 48.9 Å². The molecule has 1 N–H and O–H groups in total. The van der Waals surface area contributed by atoms with Gasteiger partial charge in [0, 0.05) is 11.1 Å². The number of nitrogens with one attached hydrogen (secondary N) is 1. The molecule has 0 saturated carbocycles. The molecule has 0 unspecified atom stereocenters. The number of methoxy groups -OCH3 is 1. The first kappa shape index (κ1) is 19.8. The average molecular weight is 423 g/mol. The lowest BCUT2D eigenvalue weighted by atomic mass is 10.1. The summed E-state index contributed by atoms with van der Waals surface area (Å²) in [5.74, 6) is 1.08. The van der Waals surface area contributed by atoms with Gasteiger partial charge in [0.25, 0.3) is 5.91 Å². The molecule has 0 saturated heterocycles. The van der Waals surface area contributed by atoms with Crippen molar-refractivity contribution in [2.75, 3.05) is 19.0 Å². The third kappa shape index (κ3) is 4.25. The molecule has 4 aromatic rings. The second kappa shape index (κ2) is 8.91. The van der Waals surface area contributed by atoms with Crippen molar-refractivity contribution in [3.63, 3.8) is 0 Å². The Kier molecular flexibility index (Phi) is 5.89. The van der Waals surface area contributed by atoms with E-state index in [1.54, 1.807) is 48.3 Å². The lowest BCUT2D eigenvalue weighted by Gasteiger charge is -2.12. The van der Waals surface area contributed by atoms with Crippen LogP contribution in [0.5, 0.6) is 11.5 Å². The molecule has 8 nitrogen and oxygen atoms in total. The minimum atomic E-state index is -0.233. The van der Waals surface area contributed by atoms with Crippen LogP contribution < -0.4 is 14.8 Å². The first-order valence-electron chi connectivity index (χ1n) is 9.57. The minimum Gasteiger partial charge on any atom is -0.495 e. The minimum absolute atomic E-state index is 0.233. The summed E-state index contributed by atoms with van der Waals surface area (Å²) in [7, 11) is 1.57. The average Bonchev–Trinajstić information content (AvgIpc) is 3.37. The zero-order chi connectivity index (χ0) is 20.9. The lowest BCUT2D eigenvalue weighted by molar-refractivity contribution is 0.102. The fourth-order valence-electron chi connectivity index (χ4n) is 2.85. The summed E-state index contributed by atoms with van der Waals surface area (Å²) >= 11 is 1.41. The fraction of sp³-hybridized carbons (Fsp3) is 0.238. The number of hydrogen-bond acceptors (Lipinski definition) is 7. The van der Waals surface area contributed by atoms with Gasteiger partial charge in [-0.25, -0.2) is 0 Å². The summed E-state index contributed by atoms with van der Waals surface area (Å²) < 4.78 is 12.7. The Hall–Kier alpha value is -3.46. The van der Waals surface area contributed by atoms with Gasteiger partial charge in [-0.15, -0.1) is 10.2 Å². The molecule has 154 valence electrons. The summed E-state index contributed by atoms with van der Waals surface area (Å²) in [6.07, 6.45) is 3.63. The van der Waals surface area contributed by atoms with Gasteiger partial charge in [-0.3, -0.25) is 4.79 Å². The van der Waals surface area contributed by atoms with Crippen molar-refractivity contribution < 1.29 is 14.3 Å². The number of fused-ring (bicyclic) bond motifs is 1. The van der Waals surface area contributed by atoms with Crippen LogP contribution in [-0.2, 0) is 0 Å². The lowest BCUT2D eigenvalue weighted by Crippen LogP contribution is -2.12. The van der Waals surface area contributed by atoms with E-state index < -0.39 is 0 Å². The Balaban J connectivity index is 1.52. The number of rotatable bonds is 8. The number of ether oxygens (including phenoxy) is 2. The first-order chi connectivity index (χ1) is 14.7. The second-order valence-corrected chi connectivity index (χ2v) is 7.52. The van der Waals surface area contributed by atoms with Crippen LogP contribution in [0.15, 0.2) is 48.8 Å². The van der Waals surface area contributed by atoms with E-state index in [0.29, 0.717) is 28.6 Å². The van der Waals surface area contributed by atoms with E-state index in [2.05, 4.69) is 27.5 Å². The third-order valence-electron chi connectivity index (χ3n) is 4.46. The van der Waals surface area contributed by atoms with Gasteiger partial charge in [-0.1, -0.05) is 24.7 Å². The van der Waals surface area contributed by atoms with Crippen LogP contribution in [0.4, 0.5) is 5.69 Å². The molecule has 0 aliphatic carbocycles. The largest absolute Gasteiger partial charge is 0.495 e. The van der Waals surface area contributed by atoms with Crippen molar-refractivity contribution in [1.82, 2.24) is 19.8 Å². The molecule has 2 heterocycles. The van der Waals surface area contributed by atoms with E-state index in [1.165, 1.54) is 11.3 Å². The highest BCUT2D eigenvalue weighted by atomic mass is 32.1. The summed E-state index contributed by atoms with van der Waals surface area (Å²) in [5.41, 5.74) is 1.94. The molecule has 9 heteroatoms. The molecule has 30 heavy (non-hydrogen) atoms. The van der Waals surface area contributed by atoms with Crippen LogP contribution in [0.3, 0.4) is 0 Å². The highest BCUT2D eigenvalue weighted by Crippen LogP contribution is 2.32. The van der Waals surface area contributed by atoms with Gasteiger partial charge in [0.1, 0.15) is 22.8 Å². The van der Waals surface area contributed by atoms with E-state index in [0.717, 1.165) is 29.2 Å². The Morgan fingerprint density at radius 2 is 2.03 bits per heavy atom. The van der Waals surface area contributed by atoms with Crippen LogP contribution in [0.1, 0.15) is 30.1 Å². The Morgan fingerprint density at radius 3 is 2.77 bits per heavy atom. The van der Waals surface area contributed by atoms with Gasteiger partial charge >= 0.3 is 0 Å². The maximum Gasteiger partial charge on any atom is 0.255 e. The molecule has 0 spiro atoms. The quantitative estimate of drug-likeness (QED) is 0.425. The van der Waals surface area contributed by atoms with Crippen LogP contribution in [0.25, 0.3) is 15.5 Å². The van der Waals surface area contributed by atoms with Crippen molar-refractivity contribution >= 4 is 27.9 Å². The molecular formula is C21H21N5O3S. The zero-order valence-electron chi connectivity index (χ0n) is 16.7. The topological polar surface area (TPSA) is 90.6 Å². The number of carbonyl (C=O) groups is 1. The number of nitrogens with zero attached hydrogens (tertiary/aromatic N) is 4. The van der Waals surface area contributed by atoms with E-state index in [-0.39, 0.29) is 5.91 Å². The van der Waals surface area contributed by atoms with Crippen molar-refractivity contribution in [2.45, 2.75) is 19.8 Å². The van der Waals surface area contributed by atoms with Gasteiger partial charge < -0.3 is 14.8 Å². The standard InChI is InChI=1S/C21H21N5O3S/c1-3-4-11-29-16-8-5-14(6-9-16)19(27)23-17-12-15(7-10-18(17)28-2)20-25-26-13-22-24-21(26)30-20/h5-10,12-13H,3-4,11H2,1-2H3,(H,23,27). The Morgan fingerprint density at radius 1 is 1.20 bits per heavy atom. The van der Waals surface area contributed by atoms with E-state index in [1.807, 2.05) is 12.1 Å². The smallest absolute Gasteiger partial charge is 0.255 e. The second-order valence-electron chi connectivity index (χ2n) is 6.56. The van der Waals surface area contributed by atoms with E-state index in [4.69, 9.17) is 9.47 Å².